The van der Waals surface area contributed by atoms with Crippen LogP contribution >= 0.6 is 15.9 Å². The molecule has 0 amide bonds. The lowest BCUT2D eigenvalue weighted by molar-refractivity contribution is 0.847. The van der Waals surface area contributed by atoms with Gasteiger partial charge < -0.3 is 5.32 Å². The van der Waals surface area contributed by atoms with Crippen LogP contribution in [0.4, 0.5) is 5.82 Å². The second-order valence-corrected chi connectivity index (χ2v) is 5.82. The van der Waals surface area contributed by atoms with Gasteiger partial charge in [0.1, 0.15) is 11.6 Å². The number of rotatable bonds is 5. The number of nitriles is 1. The molecule has 1 heterocycles. The number of hydrogen-bond acceptors (Lipinski definition) is 4. The molecule has 1 aromatic carbocycles. The van der Waals surface area contributed by atoms with Gasteiger partial charge in [0.2, 0.25) is 0 Å². The molecule has 0 aliphatic carbocycles. The highest BCUT2D eigenvalue weighted by Crippen LogP contribution is 2.17. The van der Waals surface area contributed by atoms with Crippen LogP contribution in [-0.4, -0.2) is 16.7 Å². The van der Waals surface area contributed by atoms with E-state index in [9.17, 15) is 5.26 Å². The van der Waals surface area contributed by atoms with Crippen molar-refractivity contribution in [1.29, 1.82) is 5.26 Å². The minimum atomic E-state index is 0.579. The van der Waals surface area contributed by atoms with Crippen LogP contribution in [0.25, 0.3) is 0 Å². The van der Waals surface area contributed by atoms with Gasteiger partial charge in [0.05, 0.1) is 5.69 Å². The standard InChI is InChI=1S/C16H17BrN4/c1-11-12(2)20-21-16(15(11)10-18)19-8-4-6-13-5-3-7-14(17)9-13/h3,5,7,9H,4,6,8H2,1-2H3,(H,19,21). The van der Waals surface area contributed by atoms with Crippen molar-refractivity contribution in [2.24, 2.45) is 0 Å². The fourth-order valence-electron chi connectivity index (χ4n) is 2.06. The van der Waals surface area contributed by atoms with E-state index in [1.165, 1.54) is 5.56 Å². The Labute approximate surface area is 133 Å². The number of nitrogens with one attached hydrogen (secondary N) is 1. The largest absolute Gasteiger partial charge is 0.367 e. The van der Waals surface area contributed by atoms with Crippen molar-refractivity contribution in [1.82, 2.24) is 10.2 Å². The molecule has 21 heavy (non-hydrogen) atoms. The summed E-state index contributed by atoms with van der Waals surface area (Å²) in [6.07, 6.45) is 1.95. The normalized spacial score (nSPS) is 10.2. The Morgan fingerprint density at radius 3 is 2.81 bits per heavy atom. The molecular formula is C16H17BrN4. The van der Waals surface area contributed by atoms with Gasteiger partial charge >= 0.3 is 0 Å². The van der Waals surface area contributed by atoms with E-state index in [4.69, 9.17) is 0 Å². The van der Waals surface area contributed by atoms with Gasteiger partial charge in [-0.3, -0.25) is 0 Å². The molecule has 0 saturated carbocycles. The minimum absolute atomic E-state index is 0.579. The average molecular weight is 345 g/mol. The maximum Gasteiger partial charge on any atom is 0.166 e. The molecule has 0 atom stereocenters. The van der Waals surface area contributed by atoms with Gasteiger partial charge in [-0.1, -0.05) is 28.1 Å². The Hall–Kier alpha value is -1.93. The lowest BCUT2D eigenvalue weighted by Crippen LogP contribution is -2.09. The van der Waals surface area contributed by atoms with E-state index in [-0.39, 0.29) is 0 Å². The zero-order valence-electron chi connectivity index (χ0n) is 12.2. The second-order valence-electron chi connectivity index (χ2n) is 4.91. The molecule has 108 valence electrons. The third kappa shape index (κ3) is 4.02. The molecule has 0 radical (unpaired) electrons. The number of benzene rings is 1. The topological polar surface area (TPSA) is 61.6 Å². The van der Waals surface area contributed by atoms with E-state index in [1.807, 2.05) is 26.0 Å². The summed E-state index contributed by atoms with van der Waals surface area (Å²) in [6.45, 7) is 4.52. The van der Waals surface area contributed by atoms with Crippen molar-refractivity contribution in [2.75, 3.05) is 11.9 Å². The van der Waals surface area contributed by atoms with E-state index >= 15 is 0 Å². The summed E-state index contributed by atoms with van der Waals surface area (Å²) in [5.41, 5.74) is 3.57. The van der Waals surface area contributed by atoms with E-state index in [0.29, 0.717) is 11.4 Å². The van der Waals surface area contributed by atoms with E-state index in [1.54, 1.807) is 0 Å². The van der Waals surface area contributed by atoms with Gasteiger partial charge in [-0.25, -0.2) is 0 Å². The van der Waals surface area contributed by atoms with Gasteiger partial charge in [0.25, 0.3) is 0 Å². The molecule has 0 fully saturated rings. The summed E-state index contributed by atoms with van der Waals surface area (Å²) in [6, 6.07) is 10.5. The fraction of sp³-hybridized carbons (Fsp3) is 0.312. The fourth-order valence-corrected chi connectivity index (χ4v) is 2.51. The zero-order chi connectivity index (χ0) is 15.2. The Kier molecular flexibility index (Phi) is 5.29. The number of aryl methyl sites for hydroxylation is 2. The Morgan fingerprint density at radius 2 is 2.10 bits per heavy atom. The third-order valence-corrected chi connectivity index (χ3v) is 3.88. The Morgan fingerprint density at radius 1 is 1.29 bits per heavy atom. The van der Waals surface area contributed by atoms with Crippen LogP contribution in [0.2, 0.25) is 0 Å². The average Bonchev–Trinajstić information content (AvgIpc) is 2.47. The van der Waals surface area contributed by atoms with Gasteiger partial charge in [-0.2, -0.15) is 10.4 Å². The van der Waals surface area contributed by atoms with Gasteiger partial charge in [-0.15, -0.1) is 5.10 Å². The molecule has 2 aromatic rings. The molecule has 0 unspecified atom stereocenters. The summed E-state index contributed by atoms with van der Waals surface area (Å²) in [4.78, 5) is 0. The number of nitrogens with zero attached hydrogens (tertiary/aromatic N) is 3. The molecule has 5 heteroatoms. The molecule has 4 nitrogen and oxygen atoms in total. The van der Waals surface area contributed by atoms with Crippen molar-refractivity contribution in [3.8, 4) is 6.07 Å². The molecule has 1 N–H and O–H groups in total. The number of hydrogen-bond donors (Lipinski definition) is 1. The molecule has 0 saturated heterocycles. The first-order valence-electron chi connectivity index (χ1n) is 6.84. The van der Waals surface area contributed by atoms with Crippen molar-refractivity contribution in [2.45, 2.75) is 26.7 Å². The second kappa shape index (κ2) is 7.19. The summed E-state index contributed by atoms with van der Waals surface area (Å²) in [7, 11) is 0. The predicted octanol–water partition coefficient (Wildman–Crippen LogP) is 3.77. The Balaban J connectivity index is 1.93. The minimum Gasteiger partial charge on any atom is -0.367 e. The first-order valence-corrected chi connectivity index (χ1v) is 7.63. The van der Waals surface area contributed by atoms with E-state index in [0.717, 1.165) is 35.1 Å². The number of aromatic nitrogens is 2. The van der Waals surface area contributed by atoms with Crippen LogP contribution in [0.15, 0.2) is 28.7 Å². The summed E-state index contributed by atoms with van der Waals surface area (Å²) in [5.74, 6) is 0.579. The van der Waals surface area contributed by atoms with E-state index < -0.39 is 0 Å². The van der Waals surface area contributed by atoms with Crippen LogP contribution < -0.4 is 5.32 Å². The van der Waals surface area contributed by atoms with Gasteiger partial charge in [0.15, 0.2) is 5.82 Å². The SMILES string of the molecule is Cc1nnc(NCCCc2cccc(Br)c2)c(C#N)c1C. The van der Waals surface area contributed by atoms with Crippen LogP contribution in [0, 0.1) is 25.2 Å². The quantitative estimate of drug-likeness (QED) is 0.838. The highest BCUT2D eigenvalue weighted by Gasteiger charge is 2.09. The number of halogens is 1. The lowest BCUT2D eigenvalue weighted by Gasteiger charge is -2.09. The summed E-state index contributed by atoms with van der Waals surface area (Å²) < 4.78 is 1.10. The molecular weight excluding hydrogens is 328 g/mol. The summed E-state index contributed by atoms with van der Waals surface area (Å²) >= 11 is 3.47. The summed E-state index contributed by atoms with van der Waals surface area (Å²) in [5, 5.41) is 20.6. The Bertz CT molecular complexity index is 676. The molecule has 0 bridgehead atoms. The molecule has 0 spiro atoms. The number of anilines is 1. The lowest BCUT2D eigenvalue weighted by atomic mass is 10.1. The van der Waals surface area contributed by atoms with Gasteiger partial charge in [-0.05, 0) is 49.9 Å². The smallest absolute Gasteiger partial charge is 0.166 e. The highest BCUT2D eigenvalue weighted by molar-refractivity contribution is 9.10. The van der Waals surface area contributed by atoms with Crippen molar-refractivity contribution >= 4 is 21.7 Å². The monoisotopic (exact) mass is 344 g/mol. The van der Waals surface area contributed by atoms with Crippen molar-refractivity contribution in [3.63, 3.8) is 0 Å². The zero-order valence-corrected chi connectivity index (χ0v) is 13.7. The molecule has 2 rings (SSSR count). The maximum atomic E-state index is 9.23. The highest BCUT2D eigenvalue weighted by atomic mass is 79.9. The predicted molar refractivity (Wildman–Crippen MR) is 87.2 cm³/mol. The van der Waals surface area contributed by atoms with Gasteiger partial charge in [0, 0.05) is 11.0 Å². The van der Waals surface area contributed by atoms with Crippen LogP contribution in [-0.2, 0) is 6.42 Å². The molecule has 0 aliphatic rings. The van der Waals surface area contributed by atoms with Crippen LogP contribution in [0.3, 0.4) is 0 Å². The van der Waals surface area contributed by atoms with Crippen LogP contribution in [0.5, 0.6) is 0 Å². The van der Waals surface area contributed by atoms with E-state index in [2.05, 4.69) is 49.6 Å². The maximum absolute atomic E-state index is 9.23. The van der Waals surface area contributed by atoms with Crippen molar-refractivity contribution < 1.29 is 0 Å². The molecule has 1 aromatic heterocycles. The van der Waals surface area contributed by atoms with Crippen LogP contribution in [0.1, 0.15) is 28.8 Å². The first kappa shape index (κ1) is 15.5. The molecule has 0 aliphatic heterocycles. The third-order valence-electron chi connectivity index (χ3n) is 3.39. The first-order chi connectivity index (χ1) is 10.1. The van der Waals surface area contributed by atoms with Crippen molar-refractivity contribution in [3.05, 3.63) is 51.1 Å².